The molecular formula is C29H28Cl4N2O2. The van der Waals surface area contributed by atoms with Crippen LogP contribution < -0.4 is 5.32 Å². The van der Waals surface area contributed by atoms with E-state index in [2.05, 4.69) is 5.32 Å². The van der Waals surface area contributed by atoms with Gasteiger partial charge in [0.25, 0.3) is 0 Å². The Bertz CT molecular complexity index is 1230. The van der Waals surface area contributed by atoms with Crippen molar-refractivity contribution in [1.82, 2.24) is 10.2 Å². The van der Waals surface area contributed by atoms with E-state index in [0.717, 1.165) is 31.2 Å². The molecule has 1 fully saturated rings. The van der Waals surface area contributed by atoms with Crippen molar-refractivity contribution in [2.45, 2.75) is 57.2 Å². The molecule has 3 aromatic rings. The van der Waals surface area contributed by atoms with Gasteiger partial charge in [0.1, 0.15) is 6.04 Å². The van der Waals surface area contributed by atoms with Gasteiger partial charge in [-0.05, 0) is 53.8 Å². The number of nitrogens with one attached hydrogen (secondary N) is 1. The molecule has 1 saturated carbocycles. The number of nitrogens with zero attached hydrogens (tertiary/aromatic N) is 1. The standard InChI is InChI=1S/C29H28Cl4N2O2/c30-21-14-13-20(26(33)16-21)18-35(28(36)17-23-24(31)11-6-12-25(23)32)27(15-19-7-2-1-3-8-19)29(37)34-22-9-4-5-10-22/h1-3,6-8,11-14,16,22,27H,4-5,9-10,15,17-18H2,(H,34,37). The van der Waals surface area contributed by atoms with Crippen LogP contribution in [0.15, 0.2) is 66.7 Å². The fourth-order valence-electron chi connectivity index (χ4n) is 4.71. The zero-order chi connectivity index (χ0) is 26.4. The van der Waals surface area contributed by atoms with E-state index in [-0.39, 0.29) is 30.8 Å². The predicted octanol–water partition coefficient (Wildman–Crippen LogP) is 7.54. The van der Waals surface area contributed by atoms with Gasteiger partial charge in [-0.2, -0.15) is 0 Å². The summed E-state index contributed by atoms with van der Waals surface area (Å²) in [6, 6.07) is 19.3. The summed E-state index contributed by atoms with van der Waals surface area (Å²) in [5.74, 6) is -0.456. The maximum atomic E-state index is 13.9. The molecular weight excluding hydrogens is 550 g/mol. The van der Waals surface area contributed by atoms with E-state index in [9.17, 15) is 9.59 Å². The van der Waals surface area contributed by atoms with Crippen molar-refractivity contribution in [2.24, 2.45) is 0 Å². The fourth-order valence-corrected chi connectivity index (χ4v) is 5.71. The van der Waals surface area contributed by atoms with Gasteiger partial charge in [-0.3, -0.25) is 9.59 Å². The average Bonchev–Trinajstić information content (AvgIpc) is 3.38. The molecule has 1 aliphatic rings. The molecule has 0 bridgehead atoms. The van der Waals surface area contributed by atoms with Gasteiger partial charge in [-0.1, -0.05) is 102 Å². The van der Waals surface area contributed by atoms with Crippen LogP contribution >= 0.6 is 46.4 Å². The first-order valence-electron chi connectivity index (χ1n) is 12.3. The van der Waals surface area contributed by atoms with Gasteiger partial charge >= 0.3 is 0 Å². The number of benzene rings is 3. The second-order valence-corrected chi connectivity index (χ2v) is 11.0. The van der Waals surface area contributed by atoms with Crippen LogP contribution in [0.4, 0.5) is 0 Å². The van der Waals surface area contributed by atoms with Crippen molar-refractivity contribution in [2.75, 3.05) is 0 Å². The van der Waals surface area contributed by atoms with Crippen LogP contribution in [0.25, 0.3) is 0 Å². The normalized spacial score (nSPS) is 14.4. The summed E-state index contributed by atoms with van der Waals surface area (Å²) < 4.78 is 0. The molecule has 1 atom stereocenters. The average molecular weight is 578 g/mol. The Morgan fingerprint density at radius 3 is 2.19 bits per heavy atom. The fraction of sp³-hybridized carbons (Fsp3) is 0.310. The molecule has 2 amide bonds. The molecule has 37 heavy (non-hydrogen) atoms. The van der Waals surface area contributed by atoms with Crippen LogP contribution in [0.1, 0.15) is 42.4 Å². The molecule has 194 valence electrons. The Kier molecular flexibility index (Phi) is 9.77. The van der Waals surface area contributed by atoms with Crippen molar-refractivity contribution in [1.29, 1.82) is 0 Å². The lowest BCUT2D eigenvalue weighted by Crippen LogP contribution is -2.52. The first-order valence-corrected chi connectivity index (χ1v) is 13.8. The van der Waals surface area contributed by atoms with Gasteiger partial charge in [0, 0.05) is 39.1 Å². The quantitative estimate of drug-likeness (QED) is 0.285. The number of rotatable bonds is 9. The molecule has 0 saturated heterocycles. The van der Waals surface area contributed by atoms with Gasteiger partial charge < -0.3 is 10.2 Å². The Balaban J connectivity index is 1.71. The zero-order valence-electron chi connectivity index (χ0n) is 20.2. The van der Waals surface area contributed by atoms with Crippen molar-refractivity contribution in [3.63, 3.8) is 0 Å². The van der Waals surface area contributed by atoms with Crippen LogP contribution in [0.2, 0.25) is 20.1 Å². The minimum atomic E-state index is -0.761. The van der Waals surface area contributed by atoms with E-state index in [4.69, 9.17) is 46.4 Å². The van der Waals surface area contributed by atoms with E-state index in [0.29, 0.717) is 37.6 Å². The molecule has 4 nitrogen and oxygen atoms in total. The van der Waals surface area contributed by atoms with Crippen molar-refractivity contribution >= 4 is 58.2 Å². The van der Waals surface area contributed by atoms with Gasteiger partial charge in [0.15, 0.2) is 0 Å². The molecule has 8 heteroatoms. The van der Waals surface area contributed by atoms with Gasteiger partial charge in [0.05, 0.1) is 6.42 Å². The lowest BCUT2D eigenvalue weighted by Gasteiger charge is -2.33. The number of halogens is 4. The summed E-state index contributed by atoms with van der Waals surface area (Å²) in [7, 11) is 0. The maximum absolute atomic E-state index is 13.9. The molecule has 1 aliphatic carbocycles. The van der Waals surface area contributed by atoms with Crippen molar-refractivity contribution in [3.05, 3.63) is 104 Å². The Hall–Kier alpha value is -2.24. The van der Waals surface area contributed by atoms with Crippen LogP contribution in [0.3, 0.4) is 0 Å². The monoisotopic (exact) mass is 576 g/mol. The molecule has 0 heterocycles. The molecule has 0 radical (unpaired) electrons. The summed E-state index contributed by atoms with van der Waals surface area (Å²) in [6.45, 7) is 0.131. The maximum Gasteiger partial charge on any atom is 0.243 e. The minimum Gasteiger partial charge on any atom is -0.352 e. The SMILES string of the molecule is O=C(NC1CCCC1)C(Cc1ccccc1)N(Cc1ccc(Cl)cc1Cl)C(=O)Cc1c(Cl)cccc1Cl. The van der Waals surface area contributed by atoms with Crippen LogP contribution in [0, 0.1) is 0 Å². The second-order valence-electron chi connectivity index (χ2n) is 9.33. The van der Waals surface area contributed by atoms with Crippen LogP contribution in [-0.2, 0) is 29.0 Å². The molecule has 1 unspecified atom stereocenters. The summed E-state index contributed by atoms with van der Waals surface area (Å²) in [5.41, 5.74) is 2.17. The van der Waals surface area contributed by atoms with Crippen molar-refractivity contribution in [3.8, 4) is 0 Å². The lowest BCUT2D eigenvalue weighted by atomic mass is 10.0. The van der Waals surface area contributed by atoms with Gasteiger partial charge in [-0.15, -0.1) is 0 Å². The highest BCUT2D eigenvalue weighted by Gasteiger charge is 2.33. The first kappa shape index (κ1) is 27.8. The summed E-state index contributed by atoms with van der Waals surface area (Å²) >= 11 is 25.4. The third-order valence-electron chi connectivity index (χ3n) is 6.72. The highest BCUT2D eigenvalue weighted by atomic mass is 35.5. The lowest BCUT2D eigenvalue weighted by molar-refractivity contribution is -0.141. The molecule has 4 rings (SSSR count). The minimum absolute atomic E-state index is 0.0499. The smallest absolute Gasteiger partial charge is 0.243 e. The number of amides is 2. The zero-order valence-corrected chi connectivity index (χ0v) is 23.3. The molecule has 0 aromatic heterocycles. The number of hydrogen-bond donors (Lipinski definition) is 1. The Labute approximate surface area is 237 Å². The molecule has 0 spiro atoms. The summed E-state index contributed by atoms with van der Waals surface area (Å²) in [4.78, 5) is 29.3. The van der Waals surface area contributed by atoms with Gasteiger partial charge in [-0.25, -0.2) is 0 Å². The number of carbonyl (C=O) groups is 2. The molecule has 3 aromatic carbocycles. The topological polar surface area (TPSA) is 49.4 Å². The van der Waals surface area contributed by atoms with E-state index in [1.54, 1.807) is 41.3 Å². The van der Waals surface area contributed by atoms with E-state index in [1.165, 1.54) is 0 Å². The van der Waals surface area contributed by atoms with Crippen LogP contribution in [-0.4, -0.2) is 28.8 Å². The Morgan fingerprint density at radius 2 is 1.54 bits per heavy atom. The van der Waals surface area contributed by atoms with E-state index in [1.807, 2.05) is 30.3 Å². The molecule has 0 aliphatic heterocycles. The Morgan fingerprint density at radius 1 is 0.865 bits per heavy atom. The first-order chi connectivity index (χ1) is 17.8. The third-order valence-corrected chi connectivity index (χ3v) is 8.01. The molecule has 1 N–H and O–H groups in total. The summed E-state index contributed by atoms with van der Waals surface area (Å²) in [6.07, 6.45) is 4.36. The second kappa shape index (κ2) is 13.0. The summed E-state index contributed by atoms with van der Waals surface area (Å²) in [5, 5.41) is 4.92. The van der Waals surface area contributed by atoms with Crippen LogP contribution in [0.5, 0.6) is 0 Å². The van der Waals surface area contributed by atoms with E-state index < -0.39 is 6.04 Å². The number of carbonyl (C=O) groups excluding carboxylic acids is 2. The van der Waals surface area contributed by atoms with Gasteiger partial charge in [0.2, 0.25) is 11.8 Å². The number of hydrogen-bond acceptors (Lipinski definition) is 2. The highest BCUT2D eigenvalue weighted by molar-refractivity contribution is 6.36. The third kappa shape index (κ3) is 7.42. The van der Waals surface area contributed by atoms with E-state index >= 15 is 0 Å². The highest BCUT2D eigenvalue weighted by Crippen LogP contribution is 2.28. The largest absolute Gasteiger partial charge is 0.352 e. The van der Waals surface area contributed by atoms with Crippen molar-refractivity contribution < 1.29 is 9.59 Å². The predicted molar refractivity (Wildman–Crippen MR) is 152 cm³/mol.